The van der Waals surface area contributed by atoms with E-state index in [1.54, 1.807) is 14.2 Å². The highest BCUT2D eigenvalue weighted by Crippen LogP contribution is 2.30. The summed E-state index contributed by atoms with van der Waals surface area (Å²) in [5.41, 5.74) is 1.12. The van der Waals surface area contributed by atoms with E-state index in [2.05, 4.69) is 37.2 Å². The summed E-state index contributed by atoms with van der Waals surface area (Å²) in [4.78, 5) is 2.32. The summed E-state index contributed by atoms with van der Waals surface area (Å²) < 4.78 is 10.7. The predicted molar refractivity (Wildman–Crippen MR) is 79.0 cm³/mol. The van der Waals surface area contributed by atoms with E-state index >= 15 is 0 Å². The average Bonchev–Trinajstić information content (AvgIpc) is 2.42. The molecule has 0 fully saturated rings. The normalized spacial score (nSPS) is 11.1. The zero-order chi connectivity index (χ0) is 14.3. The van der Waals surface area contributed by atoms with Crippen molar-refractivity contribution in [2.24, 2.45) is 0 Å². The molecule has 4 nitrogen and oxygen atoms in total. The highest BCUT2D eigenvalue weighted by atomic mass is 16.5. The molecule has 1 rings (SSSR count). The second-order valence-corrected chi connectivity index (χ2v) is 4.90. The third-order valence-corrected chi connectivity index (χ3v) is 3.32. The molecule has 19 heavy (non-hydrogen) atoms. The van der Waals surface area contributed by atoms with Gasteiger partial charge >= 0.3 is 0 Å². The number of methoxy groups -OCH3 is 2. The van der Waals surface area contributed by atoms with Crippen LogP contribution in [0, 0.1) is 0 Å². The zero-order valence-corrected chi connectivity index (χ0v) is 12.7. The molecule has 4 heteroatoms. The van der Waals surface area contributed by atoms with Crippen molar-refractivity contribution >= 4 is 0 Å². The Bertz CT molecular complexity index is 380. The van der Waals surface area contributed by atoms with Crippen LogP contribution in [0.25, 0.3) is 0 Å². The van der Waals surface area contributed by atoms with Crippen molar-refractivity contribution in [2.45, 2.75) is 26.4 Å². The van der Waals surface area contributed by atoms with E-state index in [-0.39, 0.29) is 0 Å². The van der Waals surface area contributed by atoms with E-state index in [1.807, 2.05) is 12.1 Å². The minimum Gasteiger partial charge on any atom is -0.493 e. The Morgan fingerprint density at radius 1 is 1.21 bits per heavy atom. The van der Waals surface area contributed by atoms with Crippen LogP contribution >= 0.6 is 0 Å². The molecule has 0 spiro atoms. The molecule has 0 aliphatic carbocycles. The summed E-state index contributed by atoms with van der Waals surface area (Å²) in [7, 11) is 5.47. The molecular weight excluding hydrogens is 240 g/mol. The largest absolute Gasteiger partial charge is 0.493 e. The molecule has 0 unspecified atom stereocenters. The number of hydrogen-bond acceptors (Lipinski definition) is 4. The van der Waals surface area contributed by atoms with Crippen LogP contribution < -0.4 is 14.8 Å². The molecule has 0 atom stereocenters. The molecule has 108 valence electrons. The van der Waals surface area contributed by atoms with Crippen molar-refractivity contribution in [3.8, 4) is 11.5 Å². The van der Waals surface area contributed by atoms with Gasteiger partial charge in [0.2, 0.25) is 0 Å². The van der Waals surface area contributed by atoms with Gasteiger partial charge < -0.3 is 19.7 Å². The van der Waals surface area contributed by atoms with Gasteiger partial charge in [0, 0.05) is 31.2 Å². The maximum Gasteiger partial charge on any atom is 0.165 e. The van der Waals surface area contributed by atoms with Gasteiger partial charge in [0.25, 0.3) is 0 Å². The standard InChI is InChI=1S/C15H26N2O2/c1-12(2)17(3)10-9-16-11-13-7-6-8-14(18-4)15(13)19-5/h6-8,12,16H,9-11H2,1-5H3. The Morgan fingerprint density at radius 3 is 2.53 bits per heavy atom. The number of likely N-dealkylation sites (N-methyl/N-ethyl adjacent to an activating group) is 1. The third-order valence-electron chi connectivity index (χ3n) is 3.32. The maximum atomic E-state index is 5.41. The molecule has 0 aliphatic heterocycles. The monoisotopic (exact) mass is 266 g/mol. The first-order chi connectivity index (χ1) is 9.10. The summed E-state index contributed by atoms with van der Waals surface area (Å²) in [5, 5.41) is 3.44. The fourth-order valence-corrected chi connectivity index (χ4v) is 1.83. The Kier molecular flexibility index (Phi) is 6.67. The number of nitrogens with zero attached hydrogens (tertiary/aromatic N) is 1. The highest BCUT2D eigenvalue weighted by Gasteiger charge is 2.09. The number of ether oxygens (including phenoxy) is 2. The Morgan fingerprint density at radius 2 is 1.95 bits per heavy atom. The van der Waals surface area contributed by atoms with Crippen LogP contribution in [0.2, 0.25) is 0 Å². The van der Waals surface area contributed by atoms with Gasteiger partial charge in [-0.2, -0.15) is 0 Å². The molecule has 1 N–H and O–H groups in total. The molecule has 0 amide bonds. The van der Waals surface area contributed by atoms with E-state index in [4.69, 9.17) is 9.47 Å². The molecule has 0 bridgehead atoms. The first-order valence-electron chi connectivity index (χ1n) is 6.71. The fraction of sp³-hybridized carbons (Fsp3) is 0.600. The van der Waals surface area contributed by atoms with E-state index in [1.165, 1.54) is 0 Å². The van der Waals surface area contributed by atoms with Gasteiger partial charge in [-0.25, -0.2) is 0 Å². The molecule has 0 saturated carbocycles. The van der Waals surface area contributed by atoms with Crippen molar-refractivity contribution in [1.82, 2.24) is 10.2 Å². The van der Waals surface area contributed by atoms with Gasteiger partial charge in [0.1, 0.15) is 0 Å². The smallest absolute Gasteiger partial charge is 0.165 e. The van der Waals surface area contributed by atoms with Crippen LogP contribution in [0.5, 0.6) is 11.5 Å². The number of hydrogen-bond donors (Lipinski definition) is 1. The Hall–Kier alpha value is -1.26. The van der Waals surface area contributed by atoms with Crippen LogP contribution in [0.1, 0.15) is 19.4 Å². The number of benzene rings is 1. The molecule has 0 aliphatic rings. The van der Waals surface area contributed by atoms with E-state index in [0.717, 1.165) is 36.7 Å². The fourth-order valence-electron chi connectivity index (χ4n) is 1.83. The third kappa shape index (κ3) is 4.73. The molecule has 0 radical (unpaired) electrons. The Balaban J connectivity index is 2.49. The summed E-state index contributed by atoms with van der Waals surface area (Å²) in [6, 6.07) is 6.53. The SMILES string of the molecule is COc1cccc(CNCCN(C)C(C)C)c1OC. The van der Waals surface area contributed by atoms with Crippen LogP contribution in [-0.2, 0) is 6.54 Å². The lowest BCUT2D eigenvalue weighted by molar-refractivity contribution is 0.273. The van der Waals surface area contributed by atoms with Crippen LogP contribution in [0.4, 0.5) is 0 Å². The van der Waals surface area contributed by atoms with Crippen molar-refractivity contribution in [3.63, 3.8) is 0 Å². The van der Waals surface area contributed by atoms with Crippen LogP contribution in [-0.4, -0.2) is 45.3 Å². The molecular formula is C15H26N2O2. The number of para-hydroxylation sites is 1. The molecule has 0 saturated heterocycles. The van der Waals surface area contributed by atoms with Gasteiger partial charge in [0.05, 0.1) is 14.2 Å². The molecule has 1 aromatic rings. The van der Waals surface area contributed by atoms with Gasteiger partial charge in [-0.1, -0.05) is 12.1 Å². The van der Waals surface area contributed by atoms with Crippen molar-refractivity contribution in [2.75, 3.05) is 34.4 Å². The lowest BCUT2D eigenvalue weighted by Crippen LogP contribution is -2.33. The first kappa shape index (κ1) is 15.8. The summed E-state index contributed by atoms with van der Waals surface area (Å²) in [5.74, 6) is 1.59. The van der Waals surface area contributed by atoms with E-state index < -0.39 is 0 Å². The van der Waals surface area contributed by atoms with Gasteiger partial charge in [0.15, 0.2) is 11.5 Å². The van der Waals surface area contributed by atoms with Gasteiger partial charge in [-0.3, -0.25) is 0 Å². The summed E-state index contributed by atoms with van der Waals surface area (Å²) >= 11 is 0. The van der Waals surface area contributed by atoms with E-state index in [0.29, 0.717) is 6.04 Å². The zero-order valence-electron chi connectivity index (χ0n) is 12.7. The lowest BCUT2D eigenvalue weighted by Gasteiger charge is -2.21. The quantitative estimate of drug-likeness (QED) is 0.731. The minimum atomic E-state index is 0.577. The Labute approximate surface area is 116 Å². The highest BCUT2D eigenvalue weighted by molar-refractivity contribution is 5.46. The molecule has 0 aromatic heterocycles. The molecule has 1 aromatic carbocycles. The van der Waals surface area contributed by atoms with Gasteiger partial charge in [-0.05, 0) is 27.0 Å². The van der Waals surface area contributed by atoms with Crippen molar-refractivity contribution < 1.29 is 9.47 Å². The van der Waals surface area contributed by atoms with Crippen molar-refractivity contribution in [1.29, 1.82) is 0 Å². The predicted octanol–water partition coefficient (Wildman–Crippen LogP) is 2.13. The lowest BCUT2D eigenvalue weighted by atomic mass is 10.2. The minimum absolute atomic E-state index is 0.577. The van der Waals surface area contributed by atoms with Crippen molar-refractivity contribution in [3.05, 3.63) is 23.8 Å². The summed E-state index contributed by atoms with van der Waals surface area (Å²) in [6.07, 6.45) is 0. The second-order valence-electron chi connectivity index (χ2n) is 4.90. The van der Waals surface area contributed by atoms with Crippen LogP contribution in [0.3, 0.4) is 0 Å². The average molecular weight is 266 g/mol. The second kappa shape index (κ2) is 8.02. The number of rotatable bonds is 8. The van der Waals surface area contributed by atoms with Gasteiger partial charge in [-0.15, -0.1) is 0 Å². The van der Waals surface area contributed by atoms with E-state index in [9.17, 15) is 0 Å². The first-order valence-corrected chi connectivity index (χ1v) is 6.71. The maximum absolute atomic E-state index is 5.41. The number of nitrogens with one attached hydrogen (secondary N) is 1. The summed E-state index contributed by atoms with van der Waals surface area (Å²) in [6.45, 7) is 7.17. The molecule has 0 heterocycles. The topological polar surface area (TPSA) is 33.7 Å². The van der Waals surface area contributed by atoms with Crippen LogP contribution in [0.15, 0.2) is 18.2 Å².